The summed E-state index contributed by atoms with van der Waals surface area (Å²) in [6, 6.07) is 0. The van der Waals surface area contributed by atoms with Gasteiger partial charge in [0.05, 0.1) is 5.92 Å². The van der Waals surface area contributed by atoms with E-state index in [1.54, 1.807) is 6.33 Å². The monoisotopic (exact) mass is 249 g/mol. The van der Waals surface area contributed by atoms with Gasteiger partial charge >= 0.3 is 5.97 Å². The number of carboxylic acid groups (broad SMARTS) is 1. The summed E-state index contributed by atoms with van der Waals surface area (Å²) >= 11 is 0. The Morgan fingerprint density at radius 1 is 1.56 bits per heavy atom. The zero-order valence-corrected chi connectivity index (χ0v) is 10.9. The zero-order valence-electron chi connectivity index (χ0n) is 10.9. The van der Waals surface area contributed by atoms with E-state index in [0.29, 0.717) is 6.54 Å². The Morgan fingerprint density at radius 3 is 3.00 bits per heavy atom. The predicted octanol–water partition coefficient (Wildman–Crippen LogP) is 1.65. The predicted molar refractivity (Wildman–Crippen MR) is 68.7 cm³/mol. The van der Waals surface area contributed by atoms with Crippen LogP contribution in [0.2, 0.25) is 0 Å². The highest BCUT2D eigenvalue weighted by Crippen LogP contribution is 2.25. The van der Waals surface area contributed by atoms with Crippen molar-refractivity contribution >= 4 is 11.8 Å². The maximum absolute atomic E-state index is 11.1. The van der Waals surface area contributed by atoms with Crippen molar-refractivity contribution in [3.05, 3.63) is 17.6 Å². The van der Waals surface area contributed by atoms with E-state index >= 15 is 0 Å². The van der Waals surface area contributed by atoms with Crippen molar-refractivity contribution in [1.82, 2.24) is 9.97 Å². The van der Waals surface area contributed by atoms with Gasteiger partial charge in [-0.2, -0.15) is 0 Å². The first-order valence-electron chi connectivity index (χ1n) is 6.41. The molecule has 0 aliphatic carbocycles. The molecule has 18 heavy (non-hydrogen) atoms. The highest BCUT2D eigenvalue weighted by molar-refractivity contribution is 5.71. The van der Waals surface area contributed by atoms with Crippen molar-refractivity contribution in [2.75, 3.05) is 18.0 Å². The summed E-state index contributed by atoms with van der Waals surface area (Å²) in [5.41, 5.74) is 2.11. The minimum absolute atomic E-state index is 0.279. The van der Waals surface area contributed by atoms with Crippen LogP contribution in [0.3, 0.4) is 0 Å². The van der Waals surface area contributed by atoms with Crippen LogP contribution in [-0.2, 0) is 11.2 Å². The van der Waals surface area contributed by atoms with Crippen LogP contribution in [0.15, 0.2) is 6.33 Å². The summed E-state index contributed by atoms with van der Waals surface area (Å²) in [5, 5.41) is 9.12. The van der Waals surface area contributed by atoms with Crippen LogP contribution < -0.4 is 4.90 Å². The van der Waals surface area contributed by atoms with Crippen molar-refractivity contribution in [1.29, 1.82) is 0 Å². The van der Waals surface area contributed by atoms with Crippen molar-refractivity contribution in [3.8, 4) is 0 Å². The highest BCUT2D eigenvalue weighted by Gasteiger charge is 2.27. The Labute approximate surface area is 107 Å². The maximum Gasteiger partial charge on any atom is 0.308 e. The Kier molecular flexibility index (Phi) is 3.79. The molecule has 1 aliphatic rings. The number of hydrogen-bond acceptors (Lipinski definition) is 4. The van der Waals surface area contributed by atoms with E-state index in [2.05, 4.69) is 21.8 Å². The van der Waals surface area contributed by atoms with Crippen LogP contribution in [-0.4, -0.2) is 34.1 Å². The zero-order chi connectivity index (χ0) is 13.1. The fourth-order valence-electron chi connectivity index (χ4n) is 2.55. The molecule has 0 amide bonds. The Bertz CT molecular complexity index is 448. The molecule has 0 radical (unpaired) electrons. The molecular formula is C13H19N3O2. The molecule has 1 N–H and O–H groups in total. The molecule has 1 atom stereocenters. The Morgan fingerprint density at radius 2 is 2.33 bits per heavy atom. The van der Waals surface area contributed by atoms with Crippen molar-refractivity contribution in [2.45, 2.75) is 33.1 Å². The summed E-state index contributed by atoms with van der Waals surface area (Å²) in [6.45, 7) is 5.49. The minimum Gasteiger partial charge on any atom is -0.481 e. The molecule has 5 nitrogen and oxygen atoms in total. The van der Waals surface area contributed by atoms with Crippen LogP contribution in [0.1, 0.15) is 31.0 Å². The van der Waals surface area contributed by atoms with Gasteiger partial charge in [-0.15, -0.1) is 0 Å². The minimum atomic E-state index is -0.705. The molecule has 2 rings (SSSR count). The van der Waals surface area contributed by atoms with Gasteiger partial charge < -0.3 is 10.0 Å². The van der Waals surface area contributed by atoms with E-state index in [4.69, 9.17) is 5.11 Å². The van der Waals surface area contributed by atoms with Gasteiger partial charge in [-0.25, -0.2) is 9.97 Å². The molecule has 5 heteroatoms. The maximum atomic E-state index is 11.1. The molecule has 1 aromatic rings. The lowest BCUT2D eigenvalue weighted by molar-refractivity contribution is -0.141. The first kappa shape index (κ1) is 12.8. The molecule has 0 bridgehead atoms. The van der Waals surface area contributed by atoms with Gasteiger partial charge in [0.25, 0.3) is 0 Å². The lowest BCUT2D eigenvalue weighted by Crippen LogP contribution is -2.39. The summed E-state index contributed by atoms with van der Waals surface area (Å²) in [4.78, 5) is 21.7. The third-order valence-electron chi connectivity index (χ3n) is 3.56. The molecule has 98 valence electrons. The molecule has 1 unspecified atom stereocenters. The smallest absolute Gasteiger partial charge is 0.308 e. The Balaban J connectivity index is 2.26. The summed E-state index contributed by atoms with van der Waals surface area (Å²) in [5.74, 6) is -0.0711. The lowest BCUT2D eigenvalue weighted by atomic mass is 9.97. The molecule has 0 spiro atoms. The third-order valence-corrected chi connectivity index (χ3v) is 3.56. The standard InChI is InChI=1S/C13H19N3O2/c1-3-11-9(2)14-8-15-12(11)16-6-4-5-10(7-16)13(17)18/h8,10H,3-7H2,1-2H3,(H,17,18). The van der Waals surface area contributed by atoms with E-state index in [9.17, 15) is 4.79 Å². The number of anilines is 1. The van der Waals surface area contributed by atoms with Gasteiger partial charge in [-0.05, 0) is 26.2 Å². The van der Waals surface area contributed by atoms with Crippen LogP contribution in [0, 0.1) is 12.8 Å². The number of rotatable bonds is 3. The first-order valence-corrected chi connectivity index (χ1v) is 6.41. The van der Waals surface area contributed by atoms with Crippen molar-refractivity contribution < 1.29 is 9.90 Å². The number of aliphatic carboxylic acids is 1. The molecular weight excluding hydrogens is 230 g/mol. The average molecular weight is 249 g/mol. The van der Waals surface area contributed by atoms with Gasteiger partial charge in [0.2, 0.25) is 0 Å². The molecule has 1 aromatic heterocycles. The molecule has 0 saturated carbocycles. The van der Waals surface area contributed by atoms with E-state index in [0.717, 1.165) is 42.9 Å². The molecule has 1 aliphatic heterocycles. The SMILES string of the molecule is CCc1c(C)ncnc1N1CCCC(C(=O)O)C1. The van der Waals surface area contributed by atoms with Crippen LogP contribution in [0.25, 0.3) is 0 Å². The number of nitrogens with zero attached hydrogens (tertiary/aromatic N) is 3. The van der Waals surface area contributed by atoms with Gasteiger partial charge in [-0.3, -0.25) is 4.79 Å². The highest BCUT2D eigenvalue weighted by atomic mass is 16.4. The van der Waals surface area contributed by atoms with E-state index in [1.165, 1.54) is 0 Å². The van der Waals surface area contributed by atoms with Gasteiger partial charge in [-0.1, -0.05) is 6.92 Å². The quantitative estimate of drug-likeness (QED) is 0.882. The van der Waals surface area contributed by atoms with Crippen LogP contribution in [0.4, 0.5) is 5.82 Å². The fraction of sp³-hybridized carbons (Fsp3) is 0.615. The van der Waals surface area contributed by atoms with Crippen LogP contribution >= 0.6 is 0 Å². The Hall–Kier alpha value is -1.65. The van der Waals surface area contributed by atoms with Crippen molar-refractivity contribution in [3.63, 3.8) is 0 Å². The van der Waals surface area contributed by atoms with Crippen LogP contribution in [0.5, 0.6) is 0 Å². The lowest BCUT2D eigenvalue weighted by Gasteiger charge is -2.32. The second-order valence-electron chi connectivity index (χ2n) is 4.74. The largest absolute Gasteiger partial charge is 0.481 e. The number of aryl methyl sites for hydroxylation is 1. The second kappa shape index (κ2) is 5.33. The van der Waals surface area contributed by atoms with Gasteiger partial charge in [0.1, 0.15) is 12.1 Å². The van der Waals surface area contributed by atoms with Gasteiger partial charge in [0, 0.05) is 24.3 Å². The number of carbonyl (C=O) groups is 1. The molecule has 1 saturated heterocycles. The summed E-state index contributed by atoms with van der Waals surface area (Å²) in [6.07, 6.45) is 4.10. The third kappa shape index (κ3) is 2.44. The van der Waals surface area contributed by atoms with E-state index < -0.39 is 5.97 Å². The topological polar surface area (TPSA) is 66.3 Å². The van der Waals surface area contributed by atoms with Gasteiger partial charge in [0.15, 0.2) is 0 Å². The molecule has 1 fully saturated rings. The number of piperidine rings is 1. The first-order chi connectivity index (χ1) is 8.63. The number of aromatic nitrogens is 2. The summed E-state index contributed by atoms with van der Waals surface area (Å²) < 4.78 is 0. The normalized spacial score (nSPS) is 19.9. The van der Waals surface area contributed by atoms with E-state index in [-0.39, 0.29) is 5.92 Å². The summed E-state index contributed by atoms with van der Waals surface area (Å²) in [7, 11) is 0. The molecule has 0 aromatic carbocycles. The fourth-order valence-corrected chi connectivity index (χ4v) is 2.55. The van der Waals surface area contributed by atoms with Crippen molar-refractivity contribution in [2.24, 2.45) is 5.92 Å². The average Bonchev–Trinajstić information content (AvgIpc) is 2.38. The second-order valence-corrected chi connectivity index (χ2v) is 4.74. The number of hydrogen-bond donors (Lipinski definition) is 1. The van der Waals surface area contributed by atoms with E-state index in [1.807, 2.05) is 6.92 Å². The molecule has 2 heterocycles. The number of carboxylic acids is 1.